The molecule has 1 saturated carbocycles. The van der Waals surface area contributed by atoms with Crippen molar-refractivity contribution in [2.45, 2.75) is 39.2 Å². The first kappa shape index (κ1) is 13.6. The zero-order valence-corrected chi connectivity index (χ0v) is 13.1. The molecule has 0 amide bonds. The number of benzene rings is 1. The summed E-state index contributed by atoms with van der Waals surface area (Å²) in [6.07, 6.45) is 2.53. The van der Waals surface area contributed by atoms with E-state index in [4.69, 9.17) is 10.7 Å². The van der Waals surface area contributed by atoms with Gasteiger partial charge in [0.05, 0.1) is 5.69 Å². The van der Waals surface area contributed by atoms with Crippen molar-refractivity contribution in [3.8, 4) is 0 Å². The Bertz CT molecular complexity index is 608. The third-order valence-corrected chi connectivity index (χ3v) is 4.92. The van der Waals surface area contributed by atoms with E-state index in [9.17, 15) is 0 Å². The Hall–Kier alpha value is -1.39. The Morgan fingerprint density at radius 2 is 1.90 bits per heavy atom. The Balaban J connectivity index is 1.95. The summed E-state index contributed by atoms with van der Waals surface area (Å²) < 4.78 is 0. The van der Waals surface area contributed by atoms with Gasteiger partial charge < -0.3 is 10.6 Å². The molecule has 0 unspecified atom stereocenters. The van der Waals surface area contributed by atoms with Gasteiger partial charge in [-0.05, 0) is 49.9 Å². The van der Waals surface area contributed by atoms with Gasteiger partial charge in [-0.25, -0.2) is 4.98 Å². The number of aromatic nitrogens is 1. The molecule has 1 aliphatic rings. The van der Waals surface area contributed by atoms with Crippen molar-refractivity contribution in [3.63, 3.8) is 0 Å². The zero-order valence-electron chi connectivity index (χ0n) is 12.3. The summed E-state index contributed by atoms with van der Waals surface area (Å²) in [4.78, 5) is 8.27. The van der Waals surface area contributed by atoms with E-state index in [-0.39, 0.29) is 0 Å². The smallest absolute Gasteiger partial charge is 0.190 e. The molecular weight excluding hydrogens is 266 g/mol. The summed E-state index contributed by atoms with van der Waals surface area (Å²) in [5, 5.41) is 1.05. The van der Waals surface area contributed by atoms with Gasteiger partial charge >= 0.3 is 0 Å². The predicted molar refractivity (Wildman–Crippen MR) is 86.0 cm³/mol. The molecule has 2 N–H and O–H groups in total. The predicted octanol–water partition coefficient (Wildman–Crippen LogP) is 3.86. The van der Waals surface area contributed by atoms with Gasteiger partial charge in [0.15, 0.2) is 5.13 Å². The highest BCUT2D eigenvalue weighted by molar-refractivity contribution is 7.15. The van der Waals surface area contributed by atoms with Gasteiger partial charge in [-0.15, -0.1) is 0 Å². The molecule has 0 saturated heterocycles. The molecule has 0 aliphatic heterocycles. The minimum atomic E-state index is 0.601. The number of hydrogen-bond acceptors (Lipinski definition) is 4. The summed E-state index contributed by atoms with van der Waals surface area (Å²) in [7, 11) is 2.09. The van der Waals surface area contributed by atoms with Crippen molar-refractivity contribution < 1.29 is 0 Å². The summed E-state index contributed by atoms with van der Waals surface area (Å²) in [6, 6.07) is 6.60. The molecule has 0 spiro atoms. The first-order valence-corrected chi connectivity index (χ1v) is 7.92. The molecule has 0 atom stereocenters. The molecule has 1 aromatic carbocycles. The lowest BCUT2D eigenvalue weighted by atomic mass is 10.1. The van der Waals surface area contributed by atoms with Crippen LogP contribution in [0.3, 0.4) is 0 Å². The van der Waals surface area contributed by atoms with Crippen LogP contribution in [-0.4, -0.2) is 12.0 Å². The van der Waals surface area contributed by atoms with Gasteiger partial charge in [0.1, 0.15) is 0 Å². The lowest BCUT2D eigenvalue weighted by molar-refractivity contribution is 0.971. The van der Waals surface area contributed by atoms with E-state index in [1.807, 2.05) is 0 Å². The van der Waals surface area contributed by atoms with Crippen LogP contribution in [0, 0.1) is 13.8 Å². The second-order valence-electron chi connectivity index (χ2n) is 5.69. The van der Waals surface area contributed by atoms with Crippen LogP contribution in [0.2, 0.25) is 0 Å². The average molecular weight is 287 g/mol. The Morgan fingerprint density at radius 1 is 1.25 bits per heavy atom. The molecule has 20 heavy (non-hydrogen) atoms. The number of nitrogens with zero attached hydrogens (tertiary/aromatic N) is 2. The fourth-order valence-corrected chi connectivity index (χ4v) is 3.58. The maximum atomic E-state index is 5.87. The number of rotatable bonds is 4. The molecule has 1 heterocycles. The van der Waals surface area contributed by atoms with E-state index in [1.165, 1.54) is 40.2 Å². The number of nitrogens with two attached hydrogens (primary N) is 1. The zero-order chi connectivity index (χ0) is 14.3. The maximum absolute atomic E-state index is 5.87. The molecular formula is C16H21N3S. The van der Waals surface area contributed by atoms with E-state index in [2.05, 4.69) is 44.0 Å². The average Bonchev–Trinajstić information content (AvgIpc) is 3.16. The van der Waals surface area contributed by atoms with Crippen LogP contribution in [0.1, 0.15) is 40.5 Å². The first-order chi connectivity index (χ1) is 9.58. The largest absolute Gasteiger partial charge is 0.326 e. The molecule has 1 fully saturated rings. The Labute approximate surface area is 124 Å². The van der Waals surface area contributed by atoms with Gasteiger partial charge in [-0.3, -0.25) is 0 Å². The monoisotopic (exact) mass is 287 g/mol. The quantitative estimate of drug-likeness (QED) is 0.928. The van der Waals surface area contributed by atoms with Crippen molar-refractivity contribution in [2.75, 3.05) is 11.9 Å². The minimum absolute atomic E-state index is 0.601. The Kier molecular flexibility index (Phi) is 3.52. The molecule has 1 aliphatic carbocycles. The summed E-state index contributed by atoms with van der Waals surface area (Å²) >= 11 is 1.73. The number of anilines is 2. The van der Waals surface area contributed by atoms with E-state index < -0.39 is 0 Å². The van der Waals surface area contributed by atoms with Crippen molar-refractivity contribution >= 4 is 22.2 Å². The normalized spacial score (nSPS) is 14.6. The van der Waals surface area contributed by atoms with E-state index in [0.29, 0.717) is 12.5 Å². The topological polar surface area (TPSA) is 42.2 Å². The SMILES string of the molecule is Cc1cc(C)cc(N(C)c2nc(C3CC3)c(CN)s2)c1. The molecule has 106 valence electrons. The number of aryl methyl sites for hydroxylation is 2. The van der Waals surface area contributed by atoms with Crippen LogP contribution in [0.25, 0.3) is 0 Å². The van der Waals surface area contributed by atoms with Crippen LogP contribution < -0.4 is 10.6 Å². The molecule has 0 radical (unpaired) electrons. The van der Waals surface area contributed by atoms with Crippen LogP contribution in [0.5, 0.6) is 0 Å². The lowest BCUT2D eigenvalue weighted by Crippen LogP contribution is -2.09. The molecule has 2 aromatic rings. The van der Waals surface area contributed by atoms with Crippen molar-refractivity contribution in [1.29, 1.82) is 0 Å². The second kappa shape index (κ2) is 5.19. The minimum Gasteiger partial charge on any atom is -0.326 e. The number of thiazole rings is 1. The van der Waals surface area contributed by atoms with Crippen LogP contribution >= 0.6 is 11.3 Å². The van der Waals surface area contributed by atoms with E-state index in [0.717, 1.165) is 5.13 Å². The Morgan fingerprint density at radius 3 is 2.45 bits per heavy atom. The van der Waals surface area contributed by atoms with Gasteiger partial charge in [0.25, 0.3) is 0 Å². The molecule has 4 heteroatoms. The van der Waals surface area contributed by atoms with Crippen LogP contribution in [0.15, 0.2) is 18.2 Å². The van der Waals surface area contributed by atoms with Crippen LogP contribution in [-0.2, 0) is 6.54 Å². The highest BCUT2D eigenvalue weighted by Crippen LogP contribution is 2.44. The fourth-order valence-electron chi connectivity index (χ4n) is 2.57. The lowest BCUT2D eigenvalue weighted by Gasteiger charge is -2.17. The van der Waals surface area contributed by atoms with Gasteiger partial charge in [0.2, 0.25) is 0 Å². The third kappa shape index (κ3) is 2.58. The first-order valence-electron chi connectivity index (χ1n) is 7.10. The highest BCUT2D eigenvalue weighted by atomic mass is 32.1. The maximum Gasteiger partial charge on any atom is 0.190 e. The highest BCUT2D eigenvalue weighted by Gasteiger charge is 2.29. The molecule has 1 aromatic heterocycles. The van der Waals surface area contributed by atoms with Crippen molar-refractivity contribution in [3.05, 3.63) is 39.9 Å². The van der Waals surface area contributed by atoms with Gasteiger partial charge in [-0.1, -0.05) is 17.4 Å². The summed E-state index contributed by atoms with van der Waals surface area (Å²) in [5.41, 5.74) is 10.9. The van der Waals surface area contributed by atoms with Gasteiger partial charge in [0, 0.05) is 30.1 Å². The van der Waals surface area contributed by atoms with Gasteiger partial charge in [-0.2, -0.15) is 0 Å². The molecule has 0 bridgehead atoms. The standard InChI is InChI=1S/C16H21N3S/c1-10-6-11(2)8-13(7-10)19(3)16-18-15(12-4-5-12)14(9-17)20-16/h6-8,12H,4-5,9,17H2,1-3H3. The fraction of sp³-hybridized carbons (Fsp3) is 0.438. The molecule has 3 rings (SSSR count). The van der Waals surface area contributed by atoms with E-state index in [1.54, 1.807) is 11.3 Å². The summed E-state index contributed by atoms with van der Waals surface area (Å²) in [5.74, 6) is 0.659. The molecule has 3 nitrogen and oxygen atoms in total. The second-order valence-corrected chi connectivity index (χ2v) is 6.75. The number of hydrogen-bond donors (Lipinski definition) is 1. The van der Waals surface area contributed by atoms with Crippen molar-refractivity contribution in [1.82, 2.24) is 4.98 Å². The summed E-state index contributed by atoms with van der Waals surface area (Å²) in [6.45, 7) is 4.87. The van der Waals surface area contributed by atoms with Crippen molar-refractivity contribution in [2.24, 2.45) is 5.73 Å². The third-order valence-electron chi connectivity index (χ3n) is 3.75. The van der Waals surface area contributed by atoms with Crippen LogP contribution in [0.4, 0.5) is 10.8 Å². The van der Waals surface area contributed by atoms with E-state index >= 15 is 0 Å².